The number of aryl methyl sites for hydroxylation is 1. The molecule has 230 valence electrons. The maximum Gasteiger partial charge on any atom is 0.319 e. The van der Waals surface area contributed by atoms with Crippen LogP contribution in [0.15, 0.2) is 30.3 Å². The number of nitrogens with zero attached hydrogens (tertiary/aromatic N) is 5. The van der Waals surface area contributed by atoms with E-state index < -0.39 is 6.17 Å². The van der Waals surface area contributed by atoms with E-state index in [1.54, 1.807) is 12.1 Å². The lowest BCUT2D eigenvalue weighted by Gasteiger charge is -2.40. The number of fused-ring (bicyclic) bond motifs is 7. The van der Waals surface area contributed by atoms with Gasteiger partial charge < -0.3 is 24.8 Å². The highest BCUT2D eigenvalue weighted by atomic mass is 19.1. The number of phenolic OH excluding ortho intramolecular Hbond substituents is 1. The SMILES string of the molecule is C#Cc1cccc2cc(O)cc(-c3nc4c5c(nc(OCC67CCCN6CC(F)C7)nc5c3C)N3CC5CCC(N5)C3CO4)c12. The number of halogens is 1. The average Bonchev–Trinajstić information content (AvgIpc) is 3.67. The summed E-state index contributed by atoms with van der Waals surface area (Å²) in [5, 5.41) is 17.0. The van der Waals surface area contributed by atoms with Gasteiger partial charge in [-0.3, -0.25) is 4.90 Å². The van der Waals surface area contributed by atoms with E-state index in [9.17, 15) is 9.50 Å². The number of pyridine rings is 1. The highest BCUT2D eigenvalue weighted by Crippen LogP contribution is 2.45. The summed E-state index contributed by atoms with van der Waals surface area (Å²) in [5.41, 5.74) is 3.24. The fourth-order valence-corrected chi connectivity index (χ4v) is 8.76. The van der Waals surface area contributed by atoms with Crippen LogP contribution in [-0.4, -0.2) is 87.6 Å². The van der Waals surface area contributed by atoms with Crippen LogP contribution < -0.4 is 19.7 Å². The van der Waals surface area contributed by atoms with E-state index >= 15 is 0 Å². The zero-order valence-electron chi connectivity index (χ0n) is 25.2. The Morgan fingerprint density at radius 2 is 2.11 bits per heavy atom. The maximum atomic E-state index is 14.6. The highest BCUT2D eigenvalue weighted by Gasteiger charge is 2.50. The minimum atomic E-state index is -0.839. The summed E-state index contributed by atoms with van der Waals surface area (Å²) in [6.45, 7) is 4.95. The number of aromatic hydroxyl groups is 1. The van der Waals surface area contributed by atoms with Gasteiger partial charge >= 0.3 is 6.01 Å². The second-order valence-electron chi connectivity index (χ2n) is 13.4. The van der Waals surface area contributed by atoms with E-state index in [2.05, 4.69) is 21.0 Å². The third kappa shape index (κ3) is 4.10. The Morgan fingerprint density at radius 1 is 1.20 bits per heavy atom. The van der Waals surface area contributed by atoms with Crippen LogP contribution in [-0.2, 0) is 0 Å². The van der Waals surface area contributed by atoms with Crippen LogP contribution in [0.25, 0.3) is 32.9 Å². The first-order valence-corrected chi connectivity index (χ1v) is 16.0. The van der Waals surface area contributed by atoms with Crippen molar-refractivity contribution in [2.45, 2.75) is 68.9 Å². The molecular formula is C35H35FN6O3. The quantitative estimate of drug-likeness (QED) is 0.326. The number of benzene rings is 2. The molecule has 10 heteroatoms. The zero-order valence-corrected chi connectivity index (χ0v) is 25.2. The average molecular weight is 607 g/mol. The number of terminal acetylenes is 1. The predicted octanol–water partition coefficient (Wildman–Crippen LogP) is 4.50. The first kappa shape index (κ1) is 27.1. The van der Waals surface area contributed by atoms with E-state index in [0.29, 0.717) is 60.4 Å². The molecule has 45 heavy (non-hydrogen) atoms. The Labute approximate surface area is 260 Å². The van der Waals surface area contributed by atoms with Gasteiger partial charge in [-0.15, -0.1) is 6.42 Å². The van der Waals surface area contributed by atoms with E-state index in [-0.39, 0.29) is 29.4 Å². The van der Waals surface area contributed by atoms with Crippen LogP contribution in [0, 0.1) is 19.3 Å². The Balaban J connectivity index is 1.24. The normalized spacial score (nSPS) is 28.5. The molecule has 5 unspecified atom stereocenters. The molecule has 5 aliphatic rings. The molecule has 4 aromatic rings. The van der Waals surface area contributed by atoms with Gasteiger partial charge in [0.05, 0.1) is 22.8 Å². The van der Waals surface area contributed by atoms with Gasteiger partial charge in [-0.25, -0.2) is 9.37 Å². The van der Waals surface area contributed by atoms with Crippen LogP contribution in [0.2, 0.25) is 0 Å². The van der Waals surface area contributed by atoms with E-state index in [4.69, 9.17) is 30.8 Å². The Hall–Kier alpha value is -4.20. The van der Waals surface area contributed by atoms with Crippen molar-refractivity contribution in [1.29, 1.82) is 0 Å². The lowest BCUT2D eigenvalue weighted by atomic mass is 9.94. The highest BCUT2D eigenvalue weighted by molar-refractivity contribution is 6.05. The number of hydrogen-bond donors (Lipinski definition) is 2. The van der Waals surface area contributed by atoms with Gasteiger partial charge in [0.15, 0.2) is 0 Å². The number of aromatic nitrogens is 3. The number of hydrogen-bond acceptors (Lipinski definition) is 9. The van der Waals surface area contributed by atoms with Crippen molar-refractivity contribution >= 4 is 27.5 Å². The monoisotopic (exact) mass is 606 g/mol. The first-order chi connectivity index (χ1) is 21.9. The van der Waals surface area contributed by atoms with Gasteiger partial charge in [0.1, 0.15) is 36.3 Å². The molecule has 5 aliphatic heterocycles. The number of ether oxygens (including phenoxy) is 2. The molecule has 0 aliphatic carbocycles. The minimum absolute atomic E-state index is 0.0772. The summed E-state index contributed by atoms with van der Waals surface area (Å²) in [6, 6.07) is 10.2. The van der Waals surface area contributed by atoms with Crippen molar-refractivity contribution in [2.75, 3.05) is 37.7 Å². The fourth-order valence-electron chi connectivity index (χ4n) is 8.76. The molecular weight excluding hydrogens is 571 g/mol. The molecule has 9 nitrogen and oxygen atoms in total. The van der Waals surface area contributed by atoms with Gasteiger partial charge in [0.2, 0.25) is 5.88 Å². The summed E-state index contributed by atoms with van der Waals surface area (Å²) in [7, 11) is 0. The van der Waals surface area contributed by atoms with Crippen molar-refractivity contribution < 1.29 is 19.0 Å². The fraction of sp³-hybridized carbons (Fsp3) is 0.457. The number of rotatable bonds is 4. The molecule has 2 aromatic heterocycles. The Bertz CT molecular complexity index is 1930. The van der Waals surface area contributed by atoms with Crippen molar-refractivity contribution in [3.8, 4) is 41.2 Å². The predicted molar refractivity (Wildman–Crippen MR) is 170 cm³/mol. The number of nitrogens with one attached hydrogen (secondary N) is 1. The third-order valence-electron chi connectivity index (χ3n) is 10.8. The van der Waals surface area contributed by atoms with E-state index in [0.717, 1.165) is 66.3 Å². The number of alkyl halides is 1. The minimum Gasteiger partial charge on any atom is -0.508 e. The summed E-state index contributed by atoms with van der Waals surface area (Å²) in [4.78, 5) is 19.8. The smallest absolute Gasteiger partial charge is 0.319 e. The molecule has 9 rings (SSSR count). The van der Waals surface area contributed by atoms with E-state index in [1.807, 2.05) is 25.1 Å². The molecule has 5 atom stereocenters. The number of phenols is 1. The zero-order chi connectivity index (χ0) is 30.4. The van der Waals surface area contributed by atoms with Crippen molar-refractivity contribution in [2.24, 2.45) is 0 Å². The molecule has 0 radical (unpaired) electrons. The molecule has 2 aromatic carbocycles. The number of anilines is 1. The van der Waals surface area contributed by atoms with Gasteiger partial charge in [-0.05, 0) is 62.7 Å². The van der Waals surface area contributed by atoms with Crippen LogP contribution >= 0.6 is 0 Å². The molecule has 0 saturated carbocycles. The van der Waals surface area contributed by atoms with Crippen molar-refractivity contribution in [3.05, 3.63) is 41.5 Å². The molecule has 2 bridgehead atoms. The first-order valence-electron chi connectivity index (χ1n) is 16.0. The topological polar surface area (TPSA) is 95.9 Å². The summed E-state index contributed by atoms with van der Waals surface area (Å²) in [5.74, 6) is 4.16. The van der Waals surface area contributed by atoms with Crippen molar-refractivity contribution in [3.63, 3.8) is 0 Å². The van der Waals surface area contributed by atoms with Gasteiger partial charge in [-0.1, -0.05) is 18.1 Å². The van der Waals surface area contributed by atoms with E-state index in [1.165, 1.54) is 0 Å². The lowest BCUT2D eigenvalue weighted by molar-refractivity contribution is 0.107. The Kier molecular flexibility index (Phi) is 5.97. The summed E-state index contributed by atoms with van der Waals surface area (Å²) >= 11 is 0. The maximum absolute atomic E-state index is 14.6. The van der Waals surface area contributed by atoms with Gasteiger partial charge in [0, 0.05) is 53.7 Å². The molecule has 2 N–H and O–H groups in total. The Morgan fingerprint density at radius 3 is 3.00 bits per heavy atom. The summed E-state index contributed by atoms with van der Waals surface area (Å²) in [6.07, 6.45) is 9.72. The van der Waals surface area contributed by atoms with Gasteiger partial charge in [0.25, 0.3) is 0 Å². The largest absolute Gasteiger partial charge is 0.508 e. The van der Waals surface area contributed by atoms with Crippen LogP contribution in [0.5, 0.6) is 17.6 Å². The lowest BCUT2D eigenvalue weighted by Crippen LogP contribution is -2.60. The van der Waals surface area contributed by atoms with Crippen LogP contribution in [0.3, 0.4) is 0 Å². The van der Waals surface area contributed by atoms with Crippen LogP contribution in [0.1, 0.15) is 43.2 Å². The second kappa shape index (κ2) is 9.90. The standard InChI is InChI=1S/C35H35FN6O3/c1-3-20-6-4-7-21-12-24(43)13-25(28(20)21)30-19(2)31-29-32(42-16-23-8-9-26(37-23)27(42)17-44-33(29)38-30)40-34(39-31)45-18-35-10-5-11-41(35)15-22(36)14-35/h1,4,6-7,12-13,22-23,26-27,37,43H,5,8-11,14-18H2,2H3. The molecule has 0 amide bonds. The molecule has 4 fully saturated rings. The van der Waals surface area contributed by atoms with Crippen LogP contribution in [0.4, 0.5) is 10.2 Å². The molecule has 0 spiro atoms. The summed E-state index contributed by atoms with van der Waals surface area (Å²) < 4.78 is 27.6. The molecule has 4 saturated heterocycles. The second-order valence-corrected chi connectivity index (χ2v) is 13.4. The third-order valence-corrected chi connectivity index (χ3v) is 10.8. The number of piperazine rings is 1. The van der Waals surface area contributed by atoms with Gasteiger partial charge in [-0.2, -0.15) is 9.97 Å². The van der Waals surface area contributed by atoms with Crippen molar-refractivity contribution in [1.82, 2.24) is 25.2 Å². The molecule has 7 heterocycles.